The van der Waals surface area contributed by atoms with E-state index in [1.807, 2.05) is 0 Å². The Kier molecular flexibility index (Phi) is 3.53. The van der Waals surface area contributed by atoms with Gasteiger partial charge in [0.15, 0.2) is 5.82 Å². The van der Waals surface area contributed by atoms with Gasteiger partial charge >= 0.3 is 10.2 Å². The van der Waals surface area contributed by atoms with Crippen LogP contribution in [0.5, 0.6) is 5.75 Å². The number of anilines is 1. The monoisotopic (exact) mass is 327 g/mol. The lowest BCUT2D eigenvalue weighted by Gasteiger charge is -2.18. The first kappa shape index (κ1) is 14.8. The van der Waals surface area contributed by atoms with Crippen LogP contribution in [0.2, 0.25) is 0 Å². The molecule has 0 atom stereocenters. The standard InChI is InChI=1S/C13H14FN3O4S/c14-12-9(5-8-3-4-15-6-8)1-2-10(18)13(12)17-7-11(19)16-22(17,20)21/h1-2,5,15,18H,3-4,6-7H2,(H,16,19)/b8-5-. The Morgan fingerprint density at radius 1 is 1.36 bits per heavy atom. The van der Waals surface area contributed by atoms with Crippen molar-refractivity contribution >= 4 is 27.9 Å². The number of nitrogens with one attached hydrogen (secondary N) is 2. The fourth-order valence-corrected chi connectivity index (χ4v) is 3.66. The second-order valence-electron chi connectivity index (χ2n) is 5.10. The van der Waals surface area contributed by atoms with Crippen LogP contribution in [0.25, 0.3) is 6.08 Å². The van der Waals surface area contributed by atoms with Gasteiger partial charge in [0.1, 0.15) is 18.0 Å². The van der Waals surface area contributed by atoms with Crippen LogP contribution >= 0.6 is 0 Å². The van der Waals surface area contributed by atoms with Crippen molar-refractivity contribution in [1.29, 1.82) is 0 Å². The molecule has 2 aliphatic heterocycles. The highest BCUT2D eigenvalue weighted by Crippen LogP contribution is 2.35. The number of rotatable bonds is 2. The van der Waals surface area contributed by atoms with E-state index in [0.717, 1.165) is 18.5 Å². The van der Waals surface area contributed by atoms with Crippen molar-refractivity contribution in [3.8, 4) is 5.75 Å². The summed E-state index contributed by atoms with van der Waals surface area (Å²) in [6.07, 6.45) is 2.40. The maximum absolute atomic E-state index is 14.6. The van der Waals surface area contributed by atoms with Crippen molar-refractivity contribution in [1.82, 2.24) is 10.0 Å². The Morgan fingerprint density at radius 2 is 2.14 bits per heavy atom. The highest BCUT2D eigenvalue weighted by Gasteiger charge is 2.37. The van der Waals surface area contributed by atoms with Gasteiger partial charge in [0.25, 0.3) is 5.91 Å². The highest BCUT2D eigenvalue weighted by molar-refractivity contribution is 7.92. The van der Waals surface area contributed by atoms with Crippen molar-refractivity contribution < 1.29 is 22.7 Å². The predicted octanol–water partition coefficient (Wildman–Crippen LogP) is 0.0890. The first-order valence-electron chi connectivity index (χ1n) is 6.63. The van der Waals surface area contributed by atoms with Gasteiger partial charge in [-0.05, 0) is 25.1 Å². The van der Waals surface area contributed by atoms with Gasteiger partial charge in [-0.1, -0.05) is 11.6 Å². The summed E-state index contributed by atoms with van der Waals surface area (Å²) in [6, 6.07) is 2.59. The summed E-state index contributed by atoms with van der Waals surface area (Å²) in [6.45, 7) is 0.878. The van der Waals surface area contributed by atoms with Crippen LogP contribution in [0.1, 0.15) is 12.0 Å². The van der Waals surface area contributed by atoms with Gasteiger partial charge in [0.05, 0.1) is 0 Å². The van der Waals surface area contributed by atoms with Crippen LogP contribution in [0, 0.1) is 5.82 Å². The summed E-state index contributed by atoms with van der Waals surface area (Å²) in [4.78, 5) is 11.3. The Balaban J connectivity index is 2.08. The Morgan fingerprint density at radius 3 is 2.73 bits per heavy atom. The lowest BCUT2D eigenvalue weighted by Crippen LogP contribution is -2.30. The summed E-state index contributed by atoms with van der Waals surface area (Å²) in [7, 11) is -4.18. The van der Waals surface area contributed by atoms with Crippen molar-refractivity contribution in [3.63, 3.8) is 0 Å². The van der Waals surface area contributed by atoms with E-state index in [-0.39, 0.29) is 5.56 Å². The molecule has 1 amide bonds. The van der Waals surface area contributed by atoms with E-state index in [1.165, 1.54) is 12.1 Å². The maximum atomic E-state index is 14.6. The van der Waals surface area contributed by atoms with Crippen molar-refractivity contribution in [2.24, 2.45) is 0 Å². The van der Waals surface area contributed by atoms with Gasteiger partial charge < -0.3 is 10.4 Å². The third-order valence-electron chi connectivity index (χ3n) is 3.53. The number of phenolic OH excluding ortho intramolecular Hbond substituents is 1. The number of carbonyl (C=O) groups excluding carboxylic acids is 1. The summed E-state index contributed by atoms with van der Waals surface area (Å²) in [5, 5.41) is 12.9. The van der Waals surface area contributed by atoms with Crippen molar-refractivity contribution in [2.45, 2.75) is 6.42 Å². The number of hydrogen-bond acceptors (Lipinski definition) is 5. The first-order chi connectivity index (χ1) is 10.4. The molecular formula is C13H14FN3O4S. The quantitative estimate of drug-likeness (QED) is 0.715. The number of aromatic hydroxyl groups is 1. The largest absolute Gasteiger partial charge is 0.506 e. The molecule has 3 rings (SSSR count). The van der Waals surface area contributed by atoms with E-state index >= 15 is 0 Å². The van der Waals surface area contributed by atoms with Crippen LogP contribution in [0.4, 0.5) is 10.1 Å². The van der Waals surface area contributed by atoms with Gasteiger partial charge in [0.2, 0.25) is 0 Å². The second kappa shape index (κ2) is 5.25. The summed E-state index contributed by atoms with van der Waals surface area (Å²) in [5.74, 6) is -2.19. The van der Waals surface area contributed by atoms with Crippen molar-refractivity contribution in [3.05, 3.63) is 29.1 Å². The average molecular weight is 327 g/mol. The molecule has 9 heteroatoms. The van der Waals surface area contributed by atoms with E-state index in [1.54, 1.807) is 10.8 Å². The number of hydrogen-bond donors (Lipinski definition) is 3. The smallest absolute Gasteiger partial charge is 0.326 e. The van der Waals surface area contributed by atoms with E-state index in [2.05, 4.69) is 5.32 Å². The van der Waals surface area contributed by atoms with Crippen LogP contribution in [-0.4, -0.2) is 39.1 Å². The molecule has 118 valence electrons. The molecule has 22 heavy (non-hydrogen) atoms. The van der Waals surface area contributed by atoms with Crippen LogP contribution < -0.4 is 14.3 Å². The molecule has 0 aromatic heterocycles. The maximum Gasteiger partial charge on any atom is 0.326 e. The van der Waals surface area contributed by atoms with Crippen molar-refractivity contribution in [2.75, 3.05) is 23.9 Å². The molecule has 0 bridgehead atoms. The molecule has 0 radical (unpaired) electrons. The second-order valence-corrected chi connectivity index (χ2v) is 6.70. The van der Waals surface area contributed by atoms with E-state index in [0.29, 0.717) is 10.8 Å². The van der Waals surface area contributed by atoms with E-state index in [4.69, 9.17) is 0 Å². The fourth-order valence-electron chi connectivity index (χ4n) is 2.49. The topological polar surface area (TPSA) is 98.7 Å². The minimum atomic E-state index is -4.18. The molecular weight excluding hydrogens is 313 g/mol. The average Bonchev–Trinajstić information content (AvgIpc) is 3.01. The zero-order valence-corrected chi connectivity index (χ0v) is 12.3. The number of benzene rings is 1. The molecule has 2 saturated heterocycles. The highest BCUT2D eigenvalue weighted by atomic mass is 32.2. The van der Waals surface area contributed by atoms with Crippen LogP contribution in [0.3, 0.4) is 0 Å². The number of phenols is 1. The van der Waals surface area contributed by atoms with Gasteiger partial charge in [-0.15, -0.1) is 0 Å². The third kappa shape index (κ3) is 2.53. The molecule has 3 N–H and O–H groups in total. The Labute approximate surface area is 126 Å². The molecule has 1 aromatic carbocycles. The molecule has 0 spiro atoms. The molecule has 1 aromatic rings. The fraction of sp³-hybridized carbons (Fsp3) is 0.308. The molecule has 2 aliphatic rings. The number of amides is 1. The minimum Gasteiger partial charge on any atom is -0.506 e. The lowest BCUT2D eigenvalue weighted by molar-refractivity contribution is -0.117. The van der Waals surface area contributed by atoms with Gasteiger partial charge in [0, 0.05) is 12.1 Å². The predicted molar refractivity (Wildman–Crippen MR) is 77.9 cm³/mol. The lowest BCUT2D eigenvalue weighted by atomic mass is 10.1. The van der Waals surface area contributed by atoms with Crippen LogP contribution in [-0.2, 0) is 15.0 Å². The van der Waals surface area contributed by atoms with E-state index < -0.39 is 39.9 Å². The zero-order chi connectivity index (χ0) is 15.9. The molecule has 0 saturated carbocycles. The molecule has 0 unspecified atom stereocenters. The SMILES string of the molecule is O=C1CN(c2c(O)ccc(/C=C3/CCNC3)c2F)S(=O)(=O)N1. The number of halogens is 1. The Hall–Kier alpha value is -2.13. The molecule has 7 nitrogen and oxygen atoms in total. The van der Waals surface area contributed by atoms with Gasteiger partial charge in [-0.3, -0.25) is 4.79 Å². The first-order valence-corrected chi connectivity index (χ1v) is 8.07. The van der Waals surface area contributed by atoms with E-state index in [9.17, 15) is 22.7 Å². The third-order valence-corrected chi connectivity index (χ3v) is 4.91. The summed E-state index contributed by atoms with van der Waals surface area (Å²) >= 11 is 0. The minimum absolute atomic E-state index is 0.168. The van der Waals surface area contributed by atoms with Gasteiger partial charge in [-0.25, -0.2) is 13.4 Å². The van der Waals surface area contributed by atoms with Crippen LogP contribution in [0.15, 0.2) is 17.7 Å². The normalized spacial score (nSPS) is 22.3. The Bertz CT molecular complexity index is 768. The van der Waals surface area contributed by atoms with Gasteiger partial charge in [-0.2, -0.15) is 8.42 Å². The number of nitrogens with zero attached hydrogens (tertiary/aromatic N) is 1. The molecule has 2 fully saturated rings. The molecule has 0 aliphatic carbocycles. The zero-order valence-electron chi connectivity index (χ0n) is 11.5. The summed E-state index contributed by atoms with van der Waals surface area (Å²) in [5.41, 5.74) is 0.633. The molecule has 2 heterocycles. The summed E-state index contributed by atoms with van der Waals surface area (Å²) < 4.78 is 40.6. The number of carbonyl (C=O) groups is 1.